The maximum atomic E-state index is 10.7. The lowest BCUT2D eigenvalue weighted by Crippen LogP contribution is -2.32. The molecule has 0 amide bonds. The molecule has 1 unspecified atom stereocenters. The van der Waals surface area contributed by atoms with Crippen molar-refractivity contribution in [1.82, 2.24) is 9.97 Å². The van der Waals surface area contributed by atoms with Crippen molar-refractivity contribution in [3.05, 3.63) is 18.1 Å². The molecule has 0 aliphatic carbocycles. The fourth-order valence-corrected chi connectivity index (χ4v) is 1.95. The Morgan fingerprint density at radius 3 is 3.00 bits per heavy atom. The Kier molecular flexibility index (Phi) is 4.09. The van der Waals surface area contributed by atoms with Gasteiger partial charge >= 0.3 is 5.97 Å². The van der Waals surface area contributed by atoms with E-state index in [-0.39, 0.29) is 11.8 Å². The van der Waals surface area contributed by atoms with Crippen LogP contribution in [0.3, 0.4) is 0 Å². The minimum absolute atomic E-state index is 0.0307. The first-order valence-corrected chi connectivity index (χ1v) is 6.12. The normalized spacial score (nSPS) is 20.5. The molecule has 2 rings (SSSR count). The quantitative estimate of drug-likeness (QED) is 0.869. The molecule has 0 spiro atoms. The number of ether oxygens (including phenoxy) is 1. The highest BCUT2D eigenvalue weighted by Crippen LogP contribution is 2.15. The Morgan fingerprint density at radius 1 is 1.56 bits per heavy atom. The fourth-order valence-electron chi connectivity index (χ4n) is 1.95. The van der Waals surface area contributed by atoms with Crippen LogP contribution in [0.1, 0.15) is 30.3 Å². The van der Waals surface area contributed by atoms with E-state index >= 15 is 0 Å². The highest BCUT2D eigenvalue weighted by Gasteiger charge is 2.19. The van der Waals surface area contributed by atoms with Gasteiger partial charge in [-0.3, -0.25) is 0 Å². The van der Waals surface area contributed by atoms with E-state index in [1.807, 2.05) is 0 Å². The van der Waals surface area contributed by atoms with Crippen LogP contribution >= 0.6 is 0 Å². The molecule has 1 fully saturated rings. The first kappa shape index (κ1) is 12.8. The molecule has 6 heteroatoms. The molecule has 18 heavy (non-hydrogen) atoms. The number of hydrogen-bond acceptors (Lipinski definition) is 5. The van der Waals surface area contributed by atoms with Crippen molar-refractivity contribution in [1.29, 1.82) is 0 Å². The van der Waals surface area contributed by atoms with Crippen LogP contribution in [0.4, 0.5) is 5.82 Å². The summed E-state index contributed by atoms with van der Waals surface area (Å²) in [5.41, 5.74) is -0.0307. The van der Waals surface area contributed by atoms with Gasteiger partial charge in [0.1, 0.15) is 5.82 Å². The van der Waals surface area contributed by atoms with E-state index in [0.717, 1.165) is 32.5 Å². The van der Waals surface area contributed by atoms with E-state index in [2.05, 4.69) is 21.8 Å². The van der Waals surface area contributed by atoms with Gasteiger partial charge in [0, 0.05) is 19.7 Å². The Balaban J connectivity index is 2.11. The van der Waals surface area contributed by atoms with Gasteiger partial charge in [-0.2, -0.15) is 0 Å². The summed E-state index contributed by atoms with van der Waals surface area (Å²) in [4.78, 5) is 20.9. The second kappa shape index (κ2) is 5.77. The molecule has 1 aliphatic heterocycles. The molecule has 1 aromatic rings. The van der Waals surface area contributed by atoms with Crippen LogP contribution in [0, 0.1) is 0 Å². The van der Waals surface area contributed by atoms with Crippen molar-refractivity contribution < 1.29 is 14.6 Å². The molecule has 1 aliphatic rings. The van der Waals surface area contributed by atoms with Gasteiger partial charge in [-0.05, 0) is 12.8 Å². The predicted octanol–water partition coefficient (Wildman–Crippen LogP) is 1.18. The van der Waals surface area contributed by atoms with Crippen molar-refractivity contribution in [2.45, 2.75) is 25.9 Å². The average Bonchev–Trinajstić information content (AvgIpc) is 2.64. The number of carbonyl (C=O) groups is 1. The molecule has 0 radical (unpaired) electrons. The predicted molar refractivity (Wildman–Crippen MR) is 65.9 cm³/mol. The van der Waals surface area contributed by atoms with Crippen LogP contribution in [0.2, 0.25) is 0 Å². The standard InChI is InChI=1S/C12H17N3O3/c1-2-9-8-15(4-3-5-18-9)11-7-13-10(6-14-11)12(16)17/h6-7,9H,2-5,8H2,1H3,(H,16,17). The SMILES string of the molecule is CCC1CN(c2cnc(C(=O)O)cn2)CCCO1. The lowest BCUT2D eigenvalue weighted by atomic mass is 10.2. The molecule has 1 atom stereocenters. The van der Waals surface area contributed by atoms with Gasteiger partial charge < -0.3 is 14.7 Å². The summed E-state index contributed by atoms with van der Waals surface area (Å²) in [6.45, 7) is 4.48. The minimum Gasteiger partial charge on any atom is -0.476 e. The first-order valence-electron chi connectivity index (χ1n) is 6.12. The number of carboxylic acids is 1. The smallest absolute Gasteiger partial charge is 0.356 e. The molecule has 1 aromatic heterocycles. The third-order valence-corrected chi connectivity index (χ3v) is 2.99. The average molecular weight is 251 g/mol. The Bertz CT molecular complexity index is 408. The van der Waals surface area contributed by atoms with Crippen molar-refractivity contribution in [2.24, 2.45) is 0 Å². The third kappa shape index (κ3) is 2.95. The van der Waals surface area contributed by atoms with Gasteiger partial charge in [0.2, 0.25) is 0 Å². The van der Waals surface area contributed by atoms with Crippen LogP contribution in [0.25, 0.3) is 0 Å². The van der Waals surface area contributed by atoms with Gasteiger partial charge in [-0.25, -0.2) is 14.8 Å². The van der Waals surface area contributed by atoms with Crippen molar-refractivity contribution in [3.63, 3.8) is 0 Å². The molecule has 0 saturated carbocycles. The van der Waals surface area contributed by atoms with Gasteiger partial charge in [0.25, 0.3) is 0 Å². The third-order valence-electron chi connectivity index (χ3n) is 2.99. The Morgan fingerprint density at radius 2 is 2.39 bits per heavy atom. The van der Waals surface area contributed by atoms with Gasteiger partial charge in [0.15, 0.2) is 5.69 Å². The molecule has 98 valence electrons. The molecule has 0 aromatic carbocycles. The Labute approximate surface area is 106 Å². The summed E-state index contributed by atoms with van der Waals surface area (Å²) in [6, 6.07) is 0. The van der Waals surface area contributed by atoms with Crippen molar-refractivity contribution >= 4 is 11.8 Å². The number of hydrogen-bond donors (Lipinski definition) is 1. The number of rotatable bonds is 3. The van der Waals surface area contributed by atoms with E-state index in [9.17, 15) is 4.79 Å². The van der Waals surface area contributed by atoms with E-state index in [0.29, 0.717) is 5.82 Å². The van der Waals surface area contributed by atoms with Gasteiger partial charge in [0.05, 0.1) is 18.5 Å². The molecule has 1 saturated heterocycles. The topological polar surface area (TPSA) is 75.6 Å². The van der Waals surface area contributed by atoms with Crippen molar-refractivity contribution in [3.8, 4) is 0 Å². The maximum absolute atomic E-state index is 10.7. The summed E-state index contributed by atoms with van der Waals surface area (Å²) in [6.07, 6.45) is 4.91. The number of aromatic carboxylic acids is 1. The zero-order chi connectivity index (χ0) is 13.0. The molecule has 2 heterocycles. The summed E-state index contributed by atoms with van der Waals surface area (Å²) >= 11 is 0. The van der Waals surface area contributed by atoms with E-state index in [4.69, 9.17) is 9.84 Å². The zero-order valence-corrected chi connectivity index (χ0v) is 10.4. The zero-order valence-electron chi connectivity index (χ0n) is 10.4. The first-order chi connectivity index (χ1) is 8.70. The van der Waals surface area contributed by atoms with Crippen LogP contribution in [0.5, 0.6) is 0 Å². The molecular formula is C12H17N3O3. The second-order valence-electron chi connectivity index (χ2n) is 4.27. The van der Waals surface area contributed by atoms with E-state index < -0.39 is 5.97 Å². The largest absolute Gasteiger partial charge is 0.476 e. The lowest BCUT2D eigenvalue weighted by molar-refractivity contribution is 0.0663. The number of anilines is 1. The lowest BCUT2D eigenvalue weighted by Gasteiger charge is -2.23. The number of carboxylic acid groups (broad SMARTS) is 1. The second-order valence-corrected chi connectivity index (χ2v) is 4.27. The van der Waals surface area contributed by atoms with Crippen LogP contribution in [-0.4, -0.2) is 46.8 Å². The number of aromatic nitrogens is 2. The van der Waals surface area contributed by atoms with E-state index in [1.54, 1.807) is 0 Å². The van der Waals surface area contributed by atoms with Crippen molar-refractivity contribution in [2.75, 3.05) is 24.6 Å². The van der Waals surface area contributed by atoms with Crippen LogP contribution in [0.15, 0.2) is 12.4 Å². The molecule has 6 nitrogen and oxygen atoms in total. The van der Waals surface area contributed by atoms with Gasteiger partial charge in [-0.15, -0.1) is 0 Å². The molecule has 1 N–H and O–H groups in total. The van der Waals surface area contributed by atoms with E-state index in [1.165, 1.54) is 12.4 Å². The molecule has 0 bridgehead atoms. The fraction of sp³-hybridized carbons (Fsp3) is 0.583. The van der Waals surface area contributed by atoms with Crippen LogP contribution < -0.4 is 4.90 Å². The van der Waals surface area contributed by atoms with Crippen LogP contribution in [-0.2, 0) is 4.74 Å². The Hall–Kier alpha value is -1.69. The summed E-state index contributed by atoms with van der Waals surface area (Å²) in [5.74, 6) is -0.344. The highest BCUT2D eigenvalue weighted by molar-refractivity contribution is 5.84. The monoisotopic (exact) mass is 251 g/mol. The summed E-state index contributed by atoms with van der Waals surface area (Å²) < 4.78 is 5.68. The summed E-state index contributed by atoms with van der Waals surface area (Å²) in [5, 5.41) is 8.78. The van der Waals surface area contributed by atoms with Gasteiger partial charge in [-0.1, -0.05) is 6.92 Å². The summed E-state index contributed by atoms with van der Waals surface area (Å²) in [7, 11) is 0. The minimum atomic E-state index is -1.06. The molecular weight excluding hydrogens is 234 g/mol. The number of nitrogens with zero attached hydrogens (tertiary/aromatic N) is 3. The highest BCUT2D eigenvalue weighted by atomic mass is 16.5. The maximum Gasteiger partial charge on any atom is 0.356 e.